The highest BCUT2D eigenvalue weighted by Gasteiger charge is 2.22. The van der Waals surface area contributed by atoms with Crippen LogP contribution in [0.15, 0.2) is 60.7 Å². The number of nitrogens with one attached hydrogen (secondary N) is 1. The second-order valence-corrected chi connectivity index (χ2v) is 8.24. The highest BCUT2D eigenvalue weighted by molar-refractivity contribution is 5.77. The van der Waals surface area contributed by atoms with Crippen molar-refractivity contribution in [3.63, 3.8) is 0 Å². The minimum absolute atomic E-state index is 0.0380. The number of methoxy groups -OCH3 is 1. The maximum Gasteiger partial charge on any atom is 0.258 e. The van der Waals surface area contributed by atoms with E-state index in [1.807, 2.05) is 61.5 Å². The predicted molar refractivity (Wildman–Crippen MR) is 131 cm³/mol. The van der Waals surface area contributed by atoms with Crippen LogP contribution in [0.5, 0.6) is 11.5 Å². The van der Waals surface area contributed by atoms with E-state index in [1.165, 1.54) is 0 Å². The first-order chi connectivity index (χ1) is 16.6. The van der Waals surface area contributed by atoms with Gasteiger partial charge in [0.15, 0.2) is 12.4 Å². The second-order valence-electron chi connectivity index (χ2n) is 8.24. The van der Waals surface area contributed by atoms with Crippen molar-refractivity contribution in [2.75, 3.05) is 33.4 Å². The topological polar surface area (TPSA) is 81.5 Å². The molecular weight excluding hydrogens is 430 g/mol. The van der Waals surface area contributed by atoms with Gasteiger partial charge in [-0.2, -0.15) is 0 Å². The van der Waals surface area contributed by atoms with Crippen molar-refractivity contribution in [1.82, 2.24) is 25.0 Å². The number of carbonyl (C=O) groups excluding carboxylic acids is 1. The molecule has 8 nitrogen and oxygen atoms in total. The van der Waals surface area contributed by atoms with Crippen LogP contribution < -0.4 is 14.8 Å². The maximum atomic E-state index is 12.4. The summed E-state index contributed by atoms with van der Waals surface area (Å²) in [6, 6.07) is 17.1. The third kappa shape index (κ3) is 6.23. The fourth-order valence-corrected chi connectivity index (χ4v) is 3.96. The zero-order valence-electron chi connectivity index (χ0n) is 19.7. The molecule has 0 aliphatic carbocycles. The van der Waals surface area contributed by atoms with E-state index in [2.05, 4.69) is 37.1 Å². The van der Waals surface area contributed by atoms with Gasteiger partial charge in [0, 0.05) is 32.6 Å². The smallest absolute Gasteiger partial charge is 0.258 e. The van der Waals surface area contributed by atoms with Gasteiger partial charge in [-0.1, -0.05) is 42.5 Å². The number of benzene rings is 2. The number of hydrogen-bond acceptors (Lipinski definition) is 6. The molecule has 1 unspecified atom stereocenters. The standard InChI is InChI=1S/C26H31N5O3/c1-20(27-25(32)19-34-23-8-4-3-5-9-23)26-29-28-24-14-16-30(17-18-31(24)26)15-6-7-21-10-12-22(33-2)13-11-21/h3-13,20H,14-19H2,1-2H3,(H,27,32)/b7-6+. The lowest BCUT2D eigenvalue weighted by molar-refractivity contribution is -0.123. The molecule has 0 saturated carbocycles. The third-order valence-electron chi connectivity index (χ3n) is 5.82. The summed E-state index contributed by atoms with van der Waals surface area (Å²) in [5, 5.41) is 11.7. The first kappa shape index (κ1) is 23.5. The predicted octanol–water partition coefficient (Wildman–Crippen LogP) is 3.11. The molecule has 1 amide bonds. The zero-order valence-corrected chi connectivity index (χ0v) is 19.7. The van der Waals surface area contributed by atoms with Crippen LogP contribution in [0.2, 0.25) is 0 Å². The Morgan fingerprint density at radius 1 is 1.06 bits per heavy atom. The molecular formula is C26H31N5O3. The Balaban J connectivity index is 1.28. The van der Waals surface area contributed by atoms with Gasteiger partial charge in [-0.3, -0.25) is 9.69 Å². The Labute approximate surface area is 200 Å². The molecule has 8 heteroatoms. The number of para-hydroxylation sites is 1. The van der Waals surface area contributed by atoms with Crippen molar-refractivity contribution in [3.8, 4) is 11.5 Å². The molecule has 178 valence electrons. The first-order valence-corrected chi connectivity index (χ1v) is 11.5. The lowest BCUT2D eigenvalue weighted by Gasteiger charge is -2.18. The van der Waals surface area contributed by atoms with Crippen LogP contribution in [0.25, 0.3) is 6.08 Å². The van der Waals surface area contributed by atoms with Crippen molar-refractivity contribution in [2.24, 2.45) is 0 Å². The van der Waals surface area contributed by atoms with Gasteiger partial charge in [-0.15, -0.1) is 10.2 Å². The van der Waals surface area contributed by atoms with Gasteiger partial charge in [-0.05, 0) is 36.8 Å². The summed E-state index contributed by atoms with van der Waals surface area (Å²) in [4.78, 5) is 14.8. The van der Waals surface area contributed by atoms with E-state index in [4.69, 9.17) is 9.47 Å². The molecule has 1 aliphatic heterocycles. The lowest BCUT2D eigenvalue weighted by atomic mass is 10.2. The molecule has 0 fully saturated rings. The van der Waals surface area contributed by atoms with Crippen LogP contribution in [0.1, 0.15) is 30.2 Å². The van der Waals surface area contributed by atoms with Crippen LogP contribution in [-0.2, 0) is 17.8 Å². The van der Waals surface area contributed by atoms with Gasteiger partial charge in [0.25, 0.3) is 5.91 Å². The molecule has 0 radical (unpaired) electrons. The Morgan fingerprint density at radius 2 is 1.85 bits per heavy atom. The fourth-order valence-electron chi connectivity index (χ4n) is 3.96. The molecule has 0 bridgehead atoms. The van der Waals surface area contributed by atoms with Crippen LogP contribution in [0.4, 0.5) is 0 Å². The quantitative estimate of drug-likeness (QED) is 0.527. The summed E-state index contributed by atoms with van der Waals surface area (Å²) in [5.41, 5.74) is 1.15. The molecule has 1 atom stereocenters. The van der Waals surface area contributed by atoms with Crippen molar-refractivity contribution in [3.05, 3.63) is 77.9 Å². The monoisotopic (exact) mass is 461 g/mol. The molecule has 2 heterocycles. The number of nitrogens with zero attached hydrogens (tertiary/aromatic N) is 4. The average molecular weight is 462 g/mol. The number of amides is 1. The Morgan fingerprint density at radius 3 is 2.62 bits per heavy atom. The van der Waals surface area contributed by atoms with E-state index in [-0.39, 0.29) is 18.6 Å². The minimum Gasteiger partial charge on any atom is -0.497 e. The van der Waals surface area contributed by atoms with Crippen LogP contribution in [-0.4, -0.2) is 58.9 Å². The number of hydrogen-bond donors (Lipinski definition) is 1. The highest BCUT2D eigenvalue weighted by Crippen LogP contribution is 2.16. The Kier molecular flexibility index (Phi) is 7.93. The molecule has 0 saturated heterocycles. The van der Waals surface area contributed by atoms with E-state index in [0.29, 0.717) is 5.75 Å². The third-order valence-corrected chi connectivity index (χ3v) is 5.82. The molecule has 1 aromatic heterocycles. The molecule has 3 aromatic rings. The zero-order chi connectivity index (χ0) is 23.8. The van der Waals surface area contributed by atoms with Crippen molar-refractivity contribution in [1.29, 1.82) is 0 Å². The van der Waals surface area contributed by atoms with Gasteiger partial charge < -0.3 is 19.4 Å². The molecule has 0 spiro atoms. The number of rotatable bonds is 9. The van der Waals surface area contributed by atoms with Crippen LogP contribution in [0.3, 0.4) is 0 Å². The van der Waals surface area contributed by atoms with E-state index in [0.717, 1.165) is 55.6 Å². The summed E-state index contributed by atoms with van der Waals surface area (Å²) >= 11 is 0. The molecule has 1 aliphatic rings. The van der Waals surface area contributed by atoms with Crippen molar-refractivity contribution < 1.29 is 14.3 Å². The normalized spacial score (nSPS) is 14.9. The first-order valence-electron chi connectivity index (χ1n) is 11.5. The van der Waals surface area contributed by atoms with Crippen LogP contribution >= 0.6 is 0 Å². The number of carbonyl (C=O) groups is 1. The summed E-state index contributed by atoms with van der Waals surface area (Å²) in [6.45, 7) is 5.35. The number of ether oxygens (including phenoxy) is 2. The Hall–Kier alpha value is -3.65. The summed E-state index contributed by atoms with van der Waals surface area (Å²) < 4.78 is 12.9. The maximum absolute atomic E-state index is 12.4. The van der Waals surface area contributed by atoms with Gasteiger partial charge in [0.1, 0.15) is 17.3 Å². The molecule has 1 N–H and O–H groups in total. The van der Waals surface area contributed by atoms with Gasteiger partial charge >= 0.3 is 0 Å². The highest BCUT2D eigenvalue weighted by atomic mass is 16.5. The van der Waals surface area contributed by atoms with E-state index >= 15 is 0 Å². The largest absolute Gasteiger partial charge is 0.497 e. The molecule has 4 rings (SSSR count). The van der Waals surface area contributed by atoms with Gasteiger partial charge in [0.05, 0.1) is 13.2 Å². The SMILES string of the molecule is COc1ccc(/C=C/CN2CCc3nnc(C(C)NC(=O)COc4ccccc4)n3CC2)cc1. The van der Waals surface area contributed by atoms with Gasteiger partial charge in [-0.25, -0.2) is 0 Å². The van der Waals surface area contributed by atoms with Crippen LogP contribution in [0, 0.1) is 0 Å². The summed E-state index contributed by atoms with van der Waals surface area (Å²) in [5.74, 6) is 3.07. The number of aromatic nitrogens is 3. The average Bonchev–Trinajstić information content (AvgIpc) is 3.17. The van der Waals surface area contributed by atoms with Crippen molar-refractivity contribution in [2.45, 2.75) is 25.9 Å². The lowest BCUT2D eigenvalue weighted by Crippen LogP contribution is -2.33. The van der Waals surface area contributed by atoms with E-state index in [1.54, 1.807) is 7.11 Å². The minimum atomic E-state index is -0.255. The van der Waals surface area contributed by atoms with Crippen molar-refractivity contribution >= 4 is 12.0 Å². The van der Waals surface area contributed by atoms with E-state index < -0.39 is 0 Å². The van der Waals surface area contributed by atoms with E-state index in [9.17, 15) is 4.79 Å². The Bertz CT molecular complexity index is 1100. The number of fused-ring (bicyclic) bond motifs is 1. The fraction of sp³-hybridized carbons (Fsp3) is 0.346. The summed E-state index contributed by atoms with van der Waals surface area (Å²) in [7, 11) is 1.67. The molecule has 34 heavy (non-hydrogen) atoms. The molecule has 2 aromatic carbocycles. The second kappa shape index (κ2) is 11.5. The van der Waals surface area contributed by atoms with Gasteiger partial charge in [0.2, 0.25) is 0 Å². The summed E-state index contributed by atoms with van der Waals surface area (Å²) in [6.07, 6.45) is 5.14.